The number of nitrogens with zero attached hydrogens (tertiary/aromatic N) is 2. The number of fused-ring (bicyclic) bond motifs is 1. The average molecular weight is 443 g/mol. The van der Waals surface area contributed by atoms with E-state index in [0.29, 0.717) is 41.7 Å². The van der Waals surface area contributed by atoms with E-state index < -0.39 is 0 Å². The maximum Gasteiger partial charge on any atom is 0.321 e. The summed E-state index contributed by atoms with van der Waals surface area (Å²) in [5, 5.41) is 2.84. The Bertz CT molecular complexity index is 1280. The summed E-state index contributed by atoms with van der Waals surface area (Å²) in [6, 6.07) is 18.1. The first kappa shape index (κ1) is 20.4. The topological polar surface area (TPSA) is 82.6 Å². The van der Waals surface area contributed by atoms with Crippen molar-refractivity contribution < 1.29 is 23.4 Å². The molecule has 8 heteroatoms. The molecule has 3 aromatic carbocycles. The van der Waals surface area contributed by atoms with Crippen LogP contribution in [0.1, 0.15) is 10.4 Å². The lowest BCUT2D eigenvalue weighted by atomic mass is 10.1. The molecule has 33 heavy (non-hydrogen) atoms. The number of amides is 1. The number of hydrogen-bond donors (Lipinski definition) is 1. The van der Waals surface area contributed by atoms with Crippen LogP contribution in [-0.4, -0.2) is 29.1 Å². The molecule has 0 atom stereocenters. The van der Waals surface area contributed by atoms with Gasteiger partial charge < -0.3 is 19.5 Å². The summed E-state index contributed by atoms with van der Waals surface area (Å²) in [6.45, 7) is 0.987. The van der Waals surface area contributed by atoms with Crippen molar-refractivity contribution in [3.05, 3.63) is 90.5 Å². The Morgan fingerprint density at radius 1 is 0.848 bits per heavy atom. The van der Waals surface area contributed by atoms with Crippen LogP contribution in [0.3, 0.4) is 0 Å². The van der Waals surface area contributed by atoms with Gasteiger partial charge in [0.2, 0.25) is 0 Å². The van der Waals surface area contributed by atoms with Crippen LogP contribution in [0.2, 0.25) is 0 Å². The van der Waals surface area contributed by atoms with E-state index in [0.717, 1.165) is 11.1 Å². The van der Waals surface area contributed by atoms with E-state index in [-0.39, 0.29) is 17.7 Å². The summed E-state index contributed by atoms with van der Waals surface area (Å²) in [5.41, 5.74) is 2.62. The van der Waals surface area contributed by atoms with Crippen LogP contribution in [0.4, 0.5) is 10.1 Å². The largest absolute Gasteiger partial charge is 0.486 e. The maximum absolute atomic E-state index is 13.1. The highest BCUT2D eigenvalue weighted by atomic mass is 19.1. The monoisotopic (exact) mass is 443 g/mol. The van der Waals surface area contributed by atoms with E-state index in [1.807, 2.05) is 0 Å². The van der Waals surface area contributed by atoms with Crippen molar-refractivity contribution in [1.82, 2.24) is 9.97 Å². The first-order chi connectivity index (χ1) is 16.1. The molecule has 7 nitrogen and oxygen atoms in total. The number of halogens is 1. The van der Waals surface area contributed by atoms with Crippen LogP contribution >= 0.6 is 0 Å². The van der Waals surface area contributed by atoms with Crippen molar-refractivity contribution in [3.63, 3.8) is 0 Å². The zero-order valence-electron chi connectivity index (χ0n) is 17.3. The van der Waals surface area contributed by atoms with E-state index >= 15 is 0 Å². The van der Waals surface area contributed by atoms with Gasteiger partial charge >= 0.3 is 6.01 Å². The van der Waals surface area contributed by atoms with Gasteiger partial charge in [-0.2, -0.15) is 0 Å². The molecule has 0 saturated carbocycles. The smallest absolute Gasteiger partial charge is 0.321 e. The molecule has 5 rings (SSSR count). The molecule has 0 bridgehead atoms. The Kier molecular flexibility index (Phi) is 5.55. The van der Waals surface area contributed by atoms with Crippen molar-refractivity contribution in [2.24, 2.45) is 0 Å². The fourth-order valence-electron chi connectivity index (χ4n) is 3.26. The second-order valence-electron chi connectivity index (χ2n) is 7.20. The number of ether oxygens (including phenoxy) is 3. The zero-order valence-corrected chi connectivity index (χ0v) is 17.3. The molecule has 2 heterocycles. The van der Waals surface area contributed by atoms with Gasteiger partial charge in [-0.15, -0.1) is 0 Å². The standard InChI is InChI=1S/C25H18FN3O4/c26-19-5-1-16(2-6-19)18-14-27-25(28-15-18)33-21-8-3-17(4-9-21)24(30)29-20-7-10-22-23(13-20)32-12-11-31-22/h1-10,13-15H,11-12H2,(H,29,30). The summed E-state index contributed by atoms with van der Waals surface area (Å²) in [6.07, 6.45) is 3.20. The third-order valence-corrected chi connectivity index (χ3v) is 4.93. The Balaban J connectivity index is 1.22. The van der Waals surface area contributed by atoms with Gasteiger partial charge in [0.25, 0.3) is 5.91 Å². The Morgan fingerprint density at radius 2 is 1.55 bits per heavy atom. The Morgan fingerprint density at radius 3 is 2.27 bits per heavy atom. The SMILES string of the molecule is O=C(Nc1ccc2c(c1)OCCO2)c1ccc(Oc2ncc(-c3ccc(F)cc3)cn2)cc1. The second kappa shape index (κ2) is 8.96. The minimum Gasteiger partial charge on any atom is -0.486 e. The lowest BCUT2D eigenvalue weighted by Gasteiger charge is -2.19. The Hall–Kier alpha value is -4.46. The van der Waals surface area contributed by atoms with E-state index in [1.54, 1.807) is 67.0 Å². The molecule has 1 amide bonds. The van der Waals surface area contributed by atoms with Crippen molar-refractivity contribution in [3.8, 4) is 34.4 Å². The van der Waals surface area contributed by atoms with E-state index in [4.69, 9.17) is 14.2 Å². The number of aromatic nitrogens is 2. The molecule has 1 aliphatic heterocycles. The number of carbonyl (C=O) groups excluding carboxylic acids is 1. The minimum absolute atomic E-state index is 0.161. The van der Waals surface area contributed by atoms with Crippen molar-refractivity contribution >= 4 is 11.6 Å². The predicted molar refractivity (Wildman–Crippen MR) is 119 cm³/mol. The molecule has 4 aromatic rings. The van der Waals surface area contributed by atoms with Crippen LogP contribution in [-0.2, 0) is 0 Å². The molecule has 0 saturated heterocycles. The number of rotatable bonds is 5. The van der Waals surface area contributed by atoms with Gasteiger partial charge in [-0.1, -0.05) is 12.1 Å². The van der Waals surface area contributed by atoms with Gasteiger partial charge in [0.1, 0.15) is 24.8 Å². The van der Waals surface area contributed by atoms with Gasteiger partial charge in [-0.05, 0) is 54.1 Å². The maximum atomic E-state index is 13.1. The number of carbonyl (C=O) groups is 1. The van der Waals surface area contributed by atoms with Crippen molar-refractivity contribution in [1.29, 1.82) is 0 Å². The Labute approximate surface area is 188 Å². The fraction of sp³-hybridized carbons (Fsp3) is 0.0800. The summed E-state index contributed by atoms with van der Waals surface area (Å²) in [4.78, 5) is 21.0. The molecule has 0 unspecified atom stereocenters. The molecule has 164 valence electrons. The summed E-state index contributed by atoms with van der Waals surface area (Å²) < 4.78 is 29.8. The number of hydrogen-bond acceptors (Lipinski definition) is 6. The molecule has 1 N–H and O–H groups in total. The van der Waals surface area contributed by atoms with Crippen LogP contribution in [0, 0.1) is 5.82 Å². The quantitative estimate of drug-likeness (QED) is 0.462. The van der Waals surface area contributed by atoms with E-state index in [2.05, 4.69) is 15.3 Å². The third kappa shape index (κ3) is 4.74. The minimum atomic E-state index is -0.303. The second-order valence-corrected chi connectivity index (χ2v) is 7.20. The first-order valence-corrected chi connectivity index (χ1v) is 10.2. The molecule has 0 aliphatic carbocycles. The molecule has 1 aromatic heterocycles. The molecule has 0 fully saturated rings. The lowest BCUT2D eigenvalue weighted by molar-refractivity contribution is 0.102. The van der Waals surface area contributed by atoms with Gasteiger partial charge in [-0.25, -0.2) is 14.4 Å². The predicted octanol–water partition coefficient (Wildman–Crippen LogP) is 5.10. The number of nitrogens with one attached hydrogen (secondary N) is 1. The van der Waals surface area contributed by atoms with E-state index in [9.17, 15) is 9.18 Å². The molecular weight excluding hydrogens is 425 g/mol. The van der Waals surface area contributed by atoms with Crippen LogP contribution in [0.25, 0.3) is 11.1 Å². The van der Waals surface area contributed by atoms with Gasteiger partial charge in [-0.3, -0.25) is 4.79 Å². The first-order valence-electron chi connectivity index (χ1n) is 10.2. The highest BCUT2D eigenvalue weighted by Crippen LogP contribution is 2.32. The fourth-order valence-corrected chi connectivity index (χ4v) is 3.26. The normalized spacial score (nSPS) is 12.2. The van der Waals surface area contributed by atoms with Crippen molar-refractivity contribution in [2.45, 2.75) is 0 Å². The van der Waals surface area contributed by atoms with Gasteiger partial charge in [0, 0.05) is 35.3 Å². The molecule has 1 aliphatic rings. The highest BCUT2D eigenvalue weighted by Gasteiger charge is 2.14. The number of anilines is 1. The number of benzene rings is 3. The van der Waals surface area contributed by atoms with E-state index in [1.165, 1.54) is 12.1 Å². The summed E-state index contributed by atoms with van der Waals surface area (Å²) in [5.74, 6) is 1.18. The van der Waals surface area contributed by atoms with Gasteiger partial charge in [0.05, 0.1) is 0 Å². The van der Waals surface area contributed by atoms with Crippen LogP contribution in [0.5, 0.6) is 23.3 Å². The lowest BCUT2D eigenvalue weighted by Crippen LogP contribution is -2.16. The highest BCUT2D eigenvalue weighted by molar-refractivity contribution is 6.04. The molecular formula is C25H18FN3O4. The summed E-state index contributed by atoms with van der Waals surface area (Å²) >= 11 is 0. The summed E-state index contributed by atoms with van der Waals surface area (Å²) in [7, 11) is 0. The average Bonchev–Trinajstić information content (AvgIpc) is 2.85. The van der Waals surface area contributed by atoms with Crippen LogP contribution in [0.15, 0.2) is 79.1 Å². The van der Waals surface area contributed by atoms with Crippen LogP contribution < -0.4 is 19.5 Å². The molecule has 0 radical (unpaired) electrons. The zero-order chi connectivity index (χ0) is 22.6. The van der Waals surface area contributed by atoms with Gasteiger partial charge in [0.15, 0.2) is 11.5 Å². The third-order valence-electron chi connectivity index (χ3n) is 4.93. The van der Waals surface area contributed by atoms with Crippen molar-refractivity contribution in [2.75, 3.05) is 18.5 Å². The molecule has 0 spiro atoms.